The van der Waals surface area contributed by atoms with E-state index in [4.69, 9.17) is 11.6 Å². The SMILES string of the molecule is O=C1Cc2ccccc2C(=O)N1CCc1ccc(Cl)cc1. The Hall–Kier alpha value is -2.13. The number of carbonyl (C=O) groups is 2. The minimum absolute atomic E-state index is 0.132. The highest BCUT2D eigenvalue weighted by molar-refractivity contribution is 6.30. The lowest BCUT2D eigenvalue weighted by Crippen LogP contribution is -2.43. The number of nitrogens with zero attached hydrogens (tertiary/aromatic N) is 1. The van der Waals surface area contributed by atoms with Gasteiger partial charge < -0.3 is 0 Å². The number of hydrogen-bond donors (Lipinski definition) is 0. The third-order valence-corrected chi connectivity index (χ3v) is 3.92. The molecule has 4 heteroatoms. The van der Waals surface area contributed by atoms with Crippen LogP contribution >= 0.6 is 11.6 Å². The molecule has 0 atom stereocenters. The molecular weight excluding hydrogens is 286 g/mol. The first-order valence-electron chi connectivity index (χ1n) is 6.82. The molecule has 0 spiro atoms. The van der Waals surface area contributed by atoms with Crippen molar-refractivity contribution in [2.75, 3.05) is 6.54 Å². The van der Waals surface area contributed by atoms with E-state index >= 15 is 0 Å². The lowest BCUT2D eigenvalue weighted by molar-refractivity contribution is -0.128. The van der Waals surface area contributed by atoms with Gasteiger partial charge in [0.1, 0.15) is 0 Å². The molecule has 106 valence electrons. The maximum Gasteiger partial charge on any atom is 0.260 e. The van der Waals surface area contributed by atoms with Crippen molar-refractivity contribution in [1.29, 1.82) is 0 Å². The Kier molecular flexibility index (Phi) is 3.76. The Balaban J connectivity index is 1.75. The molecule has 0 saturated heterocycles. The summed E-state index contributed by atoms with van der Waals surface area (Å²) in [6, 6.07) is 14.7. The summed E-state index contributed by atoms with van der Waals surface area (Å²) < 4.78 is 0. The quantitative estimate of drug-likeness (QED) is 0.817. The van der Waals surface area contributed by atoms with Crippen LogP contribution in [-0.4, -0.2) is 23.3 Å². The van der Waals surface area contributed by atoms with E-state index in [1.165, 1.54) is 4.90 Å². The summed E-state index contributed by atoms with van der Waals surface area (Å²) in [5.74, 6) is -0.330. The molecule has 0 radical (unpaired) electrons. The van der Waals surface area contributed by atoms with Crippen LogP contribution < -0.4 is 0 Å². The van der Waals surface area contributed by atoms with E-state index < -0.39 is 0 Å². The second-order valence-corrected chi connectivity index (χ2v) is 5.50. The predicted molar refractivity (Wildman–Crippen MR) is 81.3 cm³/mol. The Morgan fingerprint density at radius 1 is 1.00 bits per heavy atom. The van der Waals surface area contributed by atoms with Gasteiger partial charge in [0.25, 0.3) is 5.91 Å². The van der Waals surface area contributed by atoms with Gasteiger partial charge in [0.2, 0.25) is 5.91 Å². The molecule has 0 N–H and O–H groups in total. The number of rotatable bonds is 3. The lowest BCUT2D eigenvalue weighted by Gasteiger charge is -2.26. The third-order valence-electron chi connectivity index (χ3n) is 3.67. The maximum absolute atomic E-state index is 12.4. The molecule has 1 aliphatic rings. The predicted octanol–water partition coefficient (Wildman–Crippen LogP) is 3.11. The summed E-state index contributed by atoms with van der Waals surface area (Å²) in [4.78, 5) is 25.9. The van der Waals surface area contributed by atoms with Crippen LogP contribution in [0.15, 0.2) is 48.5 Å². The van der Waals surface area contributed by atoms with Crippen molar-refractivity contribution >= 4 is 23.4 Å². The first-order valence-corrected chi connectivity index (χ1v) is 7.20. The minimum atomic E-state index is -0.198. The zero-order chi connectivity index (χ0) is 14.8. The first-order chi connectivity index (χ1) is 10.1. The number of halogens is 1. The van der Waals surface area contributed by atoms with E-state index in [-0.39, 0.29) is 11.8 Å². The second kappa shape index (κ2) is 5.70. The fourth-order valence-corrected chi connectivity index (χ4v) is 2.64. The van der Waals surface area contributed by atoms with E-state index in [2.05, 4.69) is 0 Å². The average molecular weight is 300 g/mol. The van der Waals surface area contributed by atoms with Gasteiger partial charge in [-0.3, -0.25) is 14.5 Å². The minimum Gasteiger partial charge on any atom is -0.278 e. The zero-order valence-electron chi connectivity index (χ0n) is 11.4. The van der Waals surface area contributed by atoms with E-state index in [1.807, 2.05) is 42.5 Å². The van der Waals surface area contributed by atoms with Crippen molar-refractivity contribution in [2.45, 2.75) is 12.8 Å². The molecule has 1 aliphatic heterocycles. The molecule has 0 aliphatic carbocycles. The van der Waals surface area contributed by atoms with Crippen LogP contribution in [0.3, 0.4) is 0 Å². The Labute approximate surface area is 128 Å². The lowest BCUT2D eigenvalue weighted by atomic mass is 9.98. The van der Waals surface area contributed by atoms with Gasteiger partial charge in [0, 0.05) is 17.1 Å². The summed E-state index contributed by atoms with van der Waals surface area (Å²) in [7, 11) is 0. The molecule has 2 aromatic carbocycles. The molecule has 0 saturated carbocycles. The Morgan fingerprint density at radius 3 is 2.48 bits per heavy atom. The second-order valence-electron chi connectivity index (χ2n) is 5.06. The molecule has 2 amide bonds. The monoisotopic (exact) mass is 299 g/mol. The smallest absolute Gasteiger partial charge is 0.260 e. The van der Waals surface area contributed by atoms with Gasteiger partial charge in [0.15, 0.2) is 0 Å². The summed E-state index contributed by atoms with van der Waals surface area (Å²) in [6.07, 6.45) is 0.930. The fraction of sp³-hybridized carbons (Fsp3) is 0.176. The van der Waals surface area contributed by atoms with Crippen LogP contribution in [-0.2, 0) is 17.6 Å². The van der Waals surface area contributed by atoms with Crippen LogP contribution in [0.1, 0.15) is 21.5 Å². The van der Waals surface area contributed by atoms with E-state index in [0.29, 0.717) is 30.0 Å². The van der Waals surface area contributed by atoms with Crippen molar-refractivity contribution in [2.24, 2.45) is 0 Å². The number of fused-ring (bicyclic) bond motifs is 1. The average Bonchev–Trinajstić information content (AvgIpc) is 2.49. The molecule has 0 fully saturated rings. The van der Waals surface area contributed by atoms with Crippen molar-refractivity contribution in [3.8, 4) is 0 Å². The zero-order valence-corrected chi connectivity index (χ0v) is 12.1. The highest BCUT2D eigenvalue weighted by atomic mass is 35.5. The Morgan fingerprint density at radius 2 is 1.71 bits per heavy atom. The maximum atomic E-state index is 12.4. The van der Waals surface area contributed by atoms with E-state index in [0.717, 1.165) is 11.1 Å². The van der Waals surface area contributed by atoms with E-state index in [9.17, 15) is 9.59 Å². The van der Waals surface area contributed by atoms with Crippen LogP contribution in [0.25, 0.3) is 0 Å². The fourth-order valence-electron chi connectivity index (χ4n) is 2.52. The third kappa shape index (κ3) is 2.83. The van der Waals surface area contributed by atoms with Gasteiger partial charge in [0.05, 0.1) is 6.42 Å². The standard InChI is InChI=1S/C17H14ClNO2/c18-14-7-5-12(6-8-14)9-10-19-16(20)11-13-3-1-2-4-15(13)17(19)21/h1-8H,9-11H2. The molecule has 0 bridgehead atoms. The summed E-state index contributed by atoms with van der Waals surface area (Å²) in [6.45, 7) is 0.396. The molecule has 0 aromatic heterocycles. The van der Waals surface area contributed by atoms with Gasteiger partial charge >= 0.3 is 0 Å². The van der Waals surface area contributed by atoms with Crippen molar-refractivity contribution in [3.63, 3.8) is 0 Å². The molecular formula is C17H14ClNO2. The van der Waals surface area contributed by atoms with Crippen molar-refractivity contribution in [1.82, 2.24) is 4.90 Å². The number of hydrogen-bond acceptors (Lipinski definition) is 2. The molecule has 1 heterocycles. The van der Waals surface area contributed by atoms with Crippen LogP contribution in [0.5, 0.6) is 0 Å². The number of benzene rings is 2. The highest BCUT2D eigenvalue weighted by Gasteiger charge is 2.29. The molecule has 2 aromatic rings. The highest BCUT2D eigenvalue weighted by Crippen LogP contribution is 2.20. The molecule has 3 rings (SSSR count). The van der Waals surface area contributed by atoms with Gasteiger partial charge in [-0.1, -0.05) is 41.9 Å². The van der Waals surface area contributed by atoms with Gasteiger partial charge in [-0.05, 0) is 35.7 Å². The van der Waals surface area contributed by atoms with E-state index in [1.54, 1.807) is 6.07 Å². The topological polar surface area (TPSA) is 37.4 Å². The number of amides is 2. The van der Waals surface area contributed by atoms with Crippen LogP contribution in [0, 0.1) is 0 Å². The molecule has 21 heavy (non-hydrogen) atoms. The van der Waals surface area contributed by atoms with Gasteiger partial charge in [-0.15, -0.1) is 0 Å². The summed E-state index contributed by atoms with van der Waals surface area (Å²) >= 11 is 5.84. The van der Waals surface area contributed by atoms with Gasteiger partial charge in [-0.25, -0.2) is 0 Å². The van der Waals surface area contributed by atoms with Crippen molar-refractivity contribution < 1.29 is 9.59 Å². The Bertz CT molecular complexity index is 694. The van der Waals surface area contributed by atoms with Crippen molar-refractivity contribution in [3.05, 3.63) is 70.2 Å². The van der Waals surface area contributed by atoms with Crippen LogP contribution in [0.4, 0.5) is 0 Å². The summed E-state index contributed by atoms with van der Waals surface area (Å²) in [5.41, 5.74) is 2.50. The van der Waals surface area contributed by atoms with Gasteiger partial charge in [-0.2, -0.15) is 0 Å². The first kappa shape index (κ1) is 13.8. The number of imide groups is 1. The van der Waals surface area contributed by atoms with Crippen LogP contribution in [0.2, 0.25) is 5.02 Å². The largest absolute Gasteiger partial charge is 0.278 e. The summed E-state index contributed by atoms with van der Waals surface area (Å²) in [5, 5.41) is 0.679. The number of carbonyl (C=O) groups excluding carboxylic acids is 2. The molecule has 0 unspecified atom stereocenters. The normalized spacial score (nSPS) is 14.2. The molecule has 3 nitrogen and oxygen atoms in total.